The van der Waals surface area contributed by atoms with Gasteiger partial charge in [0.2, 0.25) is 0 Å². The summed E-state index contributed by atoms with van der Waals surface area (Å²) in [6, 6.07) is 0. The molecule has 1 radical (unpaired) electrons. The van der Waals surface area contributed by atoms with Crippen molar-refractivity contribution in [2.75, 3.05) is 13.1 Å². The lowest BCUT2D eigenvalue weighted by molar-refractivity contribution is 0.284. The highest BCUT2D eigenvalue weighted by Gasteiger charge is 2.15. The predicted molar refractivity (Wildman–Crippen MR) is 53.1 cm³/mol. The zero-order valence-electron chi connectivity index (χ0n) is 7.87. The summed E-state index contributed by atoms with van der Waals surface area (Å²) in [6.07, 6.45) is 10.7. The van der Waals surface area contributed by atoms with Gasteiger partial charge in [-0.05, 0) is 37.8 Å². The number of aliphatic hydroxyl groups is 1. The third kappa shape index (κ3) is 2.06. The van der Waals surface area contributed by atoms with Crippen molar-refractivity contribution in [2.24, 2.45) is 0 Å². The van der Waals surface area contributed by atoms with Crippen LogP contribution in [-0.4, -0.2) is 23.1 Å². The SMILES string of the molecule is OC1=CC[CH]C(N2CCCCC2)=C1. The average molecular weight is 178 g/mol. The maximum atomic E-state index is 9.35. The predicted octanol–water partition coefficient (Wildman–Crippen LogP) is 2.41. The third-order valence-corrected chi connectivity index (χ3v) is 2.67. The first kappa shape index (κ1) is 8.67. The fourth-order valence-corrected chi connectivity index (χ4v) is 1.94. The van der Waals surface area contributed by atoms with E-state index in [0.29, 0.717) is 5.76 Å². The van der Waals surface area contributed by atoms with Gasteiger partial charge in [0.05, 0.1) is 0 Å². The van der Waals surface area contributed by atoms with Gasteiger partial charge in [0.15, 0.2) is 0 Å². The molecule has 1 aliphatic heterocycles. The molecule has 0 atom stereocenters. The Kier molecular flexibility index (Phi) is 2.57. The van der Waals surface area contributed by atoms with Gasteiger partial charge in [0, 0.05) is 25.2 Å². The quantitative estimate of drug-likeness (QED) is 0.666. The highest BCUT2D eigenvalue weighted by Crippen LogP contribution is 2.22. The van der Waals surface area contributed by atoms with E-state index in [2.05, 4.69) is 11.3 Å². The first-order valence-electron chi connectivity index (χ1n) is 5.05. The van der Waals surface area contributed by atoms with Crippen molar-refractivity contribution in [2.45, 2.75) is 25.7 Å². The van der Waals surface area contributed by atoms with Crippen LogP contribution in [0.4, 0.5) is 0 Å². The van der Waals surface area contributed by atoms with Gasteiger partial charge < -0.3 is 10.0 Å². The molecule has 1 N–H and O–H groups in total. The second-order valence-electron chi connectivity index (χ2n) is 3.69. The van der Waals surface area contributed by atoms with E-state index in [1.807, 2.05) is 12.2 Å². The first-order valence-corrected chi connectivity index (χ1v) is 5.05. The topological polar surface area (TPSA) is 23.5 Å². The summed E-state index contributed by atoms with van der Waals surface area (Å²) >= 11 is 0. The van der Waals surface area contributed by atoms with Crippen molar-refractivity contribution < 1.29 is 5.11 Å². The number of piperidine rings is 1. The van der Waals surface area contributed by atoms with Gasteiger partial charge in [-0.15, -0.1) is 0 Å². The van der Waals surface area contributed by atoms with E-state index in [0.717, 1.165) is 19.5 Å². The van der Waals surface area contributed by atoms with Gasteiger partial charge >= 0.3 is 0 Å². The molecular weight excluding hydrogens is 162 g/mol. The van der Waals surface area contributed by atoms with Crippen molar-refractivity contribution in [1.82, 2.24) is 4.90 Å². The van der Waals surface area contributed by atoms with Crippen molar-refractivity contribution in [3.05, 3.63) is 30.0 Å². The highest BCUT2D eigenvalue weighted by molar-refractivity contribution is 5.28. The fraction of sp³-hybridized carbons (Fsp3) is 0.545. The van der Waals surface area contributed by atoms with E-state index in [1.165, 1.54) is 25.0 Å². The molecule has 1 heterocycles. The standard InChI is InChI=1S/C11H16NO/c13-11-6-4-5-10(9-11)12-7-2-1-3-8-12/h5-6,9,13H,1-4,7-8H2. The molecule has 0 aromatic heterocycles. The Hall–Kier alpha value is -0.920. The summed E-state index contributed by atoms with van der Waals surface area (Å²) < 4.78 is 0. The van der Waals surface area contributed by atoms with Gasteiger partial charge in [0.1, 0.15) is 5.76 Å². The Morgan fingerprint density at radius 1 is 1.15 bits per heavy atom. The monoisotopic (exact) mass is 178 g/mol. The van der Waals surface area contributed by atoms with E-state index in [1.54, 1.807) is 0 Å². The molecular formula is C11H16NO. The maximum Gasteiger partial charge on any atom is 0.113 e. The van der Waals surface area contributed by atoms with Crippen molar-refractivity contribution >= 4 is 0 Å². The smallest absolute Gasteiger partial charge is 0.113 e. The molecule has 2 nitrogen and oxygen atoms in total. The molecule has 71 valence electrons. The van der Waals surface area contributed by atoms with Crippen LogP contribution in [0.15, 0.2) is 23.6 Å². The van der Waals surface area contributed by atoms with E-state index in [-0.39, 0.29) is 0 Å². The van der Waals surface area contributed by atoms with Crippen LogP contribution in [0.25, 0.3) is 0 Å². The minimum absolute atomic E-state index is 0.420. The Morgan fingerprint density at radius 2 is 1.92 bits per heavy atom. The normalized spacial score (nSPS) is 23.8. The van der Waals surface area contributed by atoms with E-state index >= 15 is 0 Å². The molecule has 0 bridgehead atoms. The van der Waals surface area contributed by atoms with Crippen LogP contribution in [0.5, 0.6) is 0 Å². The minimum atomic E-state index is 0.420. The summed E-state index contributed by atoms with van der Waals surface area (Å²) in [5.41, 5.74) is 1.21. The van der Waals surface area contributed by atoms with E-state index < -0.39 is 0 Å². The van der Waals surface area contributed by atoms with Crippen molar-refractivity contribution in [3.63, 3.8) is 0 Å². The largest absolute Gasteiger partial charge is 0.508 e. The number of hydrogen-bond acceptors (Lipinski definition) is 2. The Balaban J connectivity index is 2.02. The molecule has 13 heavy (non-hydrogen) atoms. The number of hydrogen-bond donors (Lipinski definition) is 1. The summed E-state index contributed by atoms with van der Waals surface area (Å²) in [5, 5.41) is 9.35. The van der Waals surface area contributed by atoms with Crippen molar-refractivity contribution in [3.8, 4) is 0 Å². The lowest BCUT2D eigenvalue weighted by Crippen LogP contribution is -2.29. The average Bonchev–Trinajstić information content (AvgIpc) is 2.19. The molecule has 0 aromatic carbocycles. The maximum absolute atomic E-state index is 9.35. The third-order valence-electron chi connectivity index (χ3n) is 2.67. The van der Waals surface area contributed by atoms with Crippen LogP contribution in [0.2, 0.25) is 0 Å². The molecule has 1 aliphatic carbocycles. The molecule has 1 fully saturated rings. The van der Waals surface area contributed by atoms with Crippen LogP contribution >= 0.6 is 0 Å². The first-order chi connectivity index (χ1) is 6.36. The fourth-order valence-electron chi connectivity index (χ4n) is 1.94. The summed E-state index contributed by atoms with van der Waals surface area (Å²) in [6.45, 7) is 2.30. The molecule has 1 saturated heterocycles. The number of allylic oxidation sites excluding steroid dienone is 3. The van der Waals surface area contributed by atoms with Crippen LogP contribution in [0.1, 0.15) is 25.7 Å². The molecule has 0 saturated carbocycles. The van der Waals surface area contributed by atoms with Gasteiger partial charge in [-0.2, -0.15) is 0 Å². The lowest BCUT2D eigenvalue weighted by Gasteiger charge is -2.31. The van der Waals surface area contributed by atoms with Crippen LogP contribution in [0.3, 0.4) is 0 Å². The second kappa shape index (κ2) is 3.86. The zero-order chi connectivity index (χ0) is 9.10. The van der Waals surface area contributed by atoms with Crippen LogP contribution in [0, 0.1) is 6.42 Å². The van der Waals surface area contributed by atoms with Crippen molar-refractivity contribution in [1.29, 1.82) is 0 Å². The minimum Gasteiger partial charge on any atom is -0.508 e. The molecule has 0 aromatic rings. The molecule has 2 rings (SSSR count). The number of aliphatic hydroxyl groups excluding tert-OH is 1. The molecule has 0 unspecified atom stereocenters. The number of likely N-dealkylation sites (tertiary alicyclic amines) is 1. The Bertz CT molecular complexity index is 236. The second-order valence-corrected chi connectivity index (χ2v) is 3.69. The summed E-state index contributed by atoms with van der Waals surface area (Å²) in [7, 11) is 0. The molecule has 0 spiro atoms. The molecule has 2 aliphatic rings. The molecule has 0 amide bonds. The van der Waals surface area contributed by atoms with Gasteiger partial charge in [0.25, 0.3) is 0 Å². The van der Waals surface area contributed by atoms with E-state index in [4.69, 9.17) is 0 Å². The Morgan fingerprint density at radius 3 is 2.62 bits per heavy atom. The van der Waals surface area contributed by atoms with Crippen LogP contribution in [-0.2, 0) is 0 Å². The van der Waals surface area contributed by atoms with Crippen LogP contribution < -0.4 is 0 Å². The summed E-state index contributed by atoms with van der Waals surface area (Å²) in [4.78, 5) is 2.37. The van der Waals surface area contributed by atoms with Gasteiger partial charge in [-0.1, -0.05) is 0 Å². The highest BCUT2D eigenvalue weighted by atomic mass is 16.3. The molecule has 2 heteroatoms. The van der Waals surface area contributed by atoms with Gasteiger partial charge in [-0.25, -0.2) is 0 Å². The van der Waals surface area contributed by atoms with Gasteiger partial charge in [-0.3, -0.25) is 0 Å². The number of rotatable bonds is 1. The van der Waals surface area contributed by atoms with E-state index in [9.17, 15) is 5.11 Å². The summed E-state index contributed by atoms with van der Waals surface area (Å²) in [5.74, 6) is 0.420. The lowest BCUT2D eigenvalue weighted by atomic mass is 10.1. The zero-order valence-corrected chi connectivity index (χ0v) is 7.87. The Labute approximate surface area is 79.6 Å². The number of nitrogens with zero attached hydrogens (tertiary/aromatic N) is 1.